The van der Waals surface area contributed by atoms with Gasteiger partial charge < -0.3 is 14.6 Å². The van der Waals surface area contributed by atoms with Gasteiger partial charge in [0.15, 0.2) is 11.6 Å². The molecular formula is C11H4ClF3LiNO3. The fraction of sp³-hybridized carbons (Fsp3) is 0.0909. The quantitative estimate of drug-likeness (QED) is 0.682. The molecule has 1 heterocycles. The molecule has 0 saturated heterocycles. The van der Waals surface area contributed by atoms with Gasteiger partial charge in [-0.2, -0.15) is 8.78 Å². The molecule has 0 bridgehead atoms. The van der Waals surface area contributed by atoms with E-state index in [1.165, 1.54) is 0 Å². The van der Waals surface area contributed by atoms with E-state index in [1.54, 1.807) is 0 Å². The summed E-state index contributed by atoms with van der Waals surface area (Å²) in [6.07, 6.45) is 0.924. The minimum Gasteiger partial charge on any atom is -0.545 e. The molecule has 0 radical (unpaired) electrons. The van der Waals surface area contributed by atoms with Crippen LogP contribution in [0.2, 0.25) is 5.02 Å². The van der Waals surface area contributed by atoms with Crippen LogP contribution < -0.4 is 28.7 Å². The molecule has 0 unspecified atom stereocenters. The Balaban J connectivity index is 0.00000200. The average Bonchev–Trinajstić information content (AvgIpc) is 2.33. The minimum absolute atomic E-state index is 0. The minimum atomic E-state index is -3.24. The van der Waals surface area contributed by atoms with Gasteiger partial charge in [0.25, 0.3) is 0 Å². The predicted molar refractivity (Wildman–Crippen MR) is 57.7 cm³/mol. The Hall–Kier alpha value is -1.42. The zero-order valence-corrected chi connectivity index (χ0v) is 10.7. The van der Waals surface area contributed by atoms with Gasteiger partial charge >= 0.3 is 25.5 Å². The van der Waals surface area contributed by atoms with Crippen LogP contribution in [0.1, 0.15) is 10.4 Å². The number of pyridine rings is 1. The zero-order chi connectivity index (χ0) is 14.2. The Morgan fingerprint density at radius 2 is 2.05 bits per heavy atom. The Labute approximate surface area is 127 Å². The van der Waals surface area contributed by atoms with E-state index < -0.39 is 29.2 Å². The number of nitrogens with zero attached hydrogens (tertiary/aromatic N) is 1. The first kappa shape index (κ1) is 16.6. The molecule has 0 aliphatic rings. The molecule has 0 aliphatic carbocycles. The van der Waals surface area contributed by atoms with Gasteiger partial charge in [0.2, 0.25) is 0 Å². The van der Waals surface area contributed by atoms with Gasteiger partial charge in [-0.25, -0.2) is 4.39 Å². The van der Waals surface area contributed by atoms with Crippen molar-refractivity contribution < 1.29 is 46.7 Å². The summed E-state index contributed by atoms with van der Waals surface area (Å²) in [6, 6.07) is 1.87. The number of carboxylic acids is 1. The van der Waals surface area contributed by atoms with E-state index in [2.05, 4.69) is 9.72 Å². The second-order valence-electron chi connectivity index (χ2n) is 3.46. The van der Waals surface area contributed by atoms with E-state index in [4.69, 9.17) is 11.6 Å². The van der Waals surface area contributed by atoms with E-state index in [-0.39, 0.29) is 35.3 Å². The van der Waals surface area contributed by atoms with Gasteiger partial charge in [-0.3, -0.25) is 4.98 Å². The van der Waals surface area contributed by atoms with Gasteiger partial charge in [-0.1, -0.05) is 11.6 Å². The SMILES string of the molecule is O=C([O-])c1cnc2c(Cl)c(OC(F)F)c(F)cc2c1.[Li+]. The zero-order valence-electron chi connectivity index (χ0n) is 9.99. The molecule has 0 spiro atoms. The van der Waals surface area contributed by atoms with Crippen LogP contribution in [0.25, 0.3) is 10.9 Å². The molecule has 0 N–H and O–H groups in total. The number of hydrogen-bond acceptors (Lipinski definition) is 4. The van der Waals surface area contributed by atoms with Crippen molar-refractivity contribution in [3.8, 4) is 5.75 Å². The summed E-state index contributed by atoms with van der Waals surface area (Å²) in [6.45, 7) is -3.24. The summed E-state index contributed by atoms with van der Waals surface area (Å²) in [5, 5.41) is 10.2. The topological polar surface area (TPSA) is 62.2 Å². The van der Waals surface area contributed by atoms with E-state index in [9.17, 15) is 23.1 Å². The Morgan fingerprint density at radius 1 is 1.40 bits per heavy atom. The molecule has 20 heavy (non-hydrogen) atoms. The normalized spacial score (nSPS) is 10.4. The second-order valence-corrected chi connectivity index (χ2v) is 3.84. The van der Waals surface area contributed by atoms with Crippen LogP contribution in [0.15, 0.2) is 18.3 Å². The van der Waals surface area contributed by atoms with Crippen molar-refractivity contribution in [3.63, 3.8) is 0 Å². The van der Waals surface area contributed by atoms with Crippen LogP contribution in [-0.2, 0) is 0 Å². The van der Waals surface area contributed by atoms with Gasteiger partial charge in [0, 0.05) is 17.1 Å². The molecular weight excluding hydrogens is 294 g/mol. The van der Waals surface area contributed by atoms with Crippen molar-refractivity contribution in [1.82, 2.24) is 4.98 Å². The maximum atomic E-state index is 13.5. The van der Waals surface area contributed by atoms with E-state index in [0.29, 0.717) is 0 Å². The monoisotopic (exact) mass is 297 g/mol. The molecule has 1 aromatic heterocycles. The fourth-order valence-corrected chi connectivity index (χ4v) is 1.79. The number of rotatable bonds is 3. The number of aromatic carboxylic acids is 1. The molecule has 0 aliphatic heterocycles. The molecule has 0 atom stereocenters. The number of fused-ring (bicyclic) bond motifs is 1. The number of aromatic nitrogens is 1. The van der Waals surface area contributed by atoms with E-state index in [1.807, 2.05) is 0 Å². The average molecular weight is 298 g/mol. The van der Waals surface area contributed by atoms with Crippen molar-refractivity contribution >= 4 is 28.5 Å². The Morgan fingerprint density at radius 3 is 2.60 bits per heavy atom. The molecule has 2 rings (SSSR count). The van der Waals surface area contributed by atoms with Gasteiger partial charge in [-0.05, 0) is 12.1 Å². The first-order valence-electron chi connectivity index (χ1n) is 4.84. The van der Waals surface area contributed by atoms with Crippen molar-refractivity contribution in [2.75, 3.05) is 0 Å². The number of hydrogen-bond donors (Lipinski definition) is 0. The molecule has 1 aromatic carbocycles. The third kappa shape index (κ3) is 3.18. The molecule has 4 nitrogen and oxygen atoms in total. The number of halogens is 4. The fourth-order valence-electron chi connectivity index (χ4n) is 1.50. The summed E-state index contributed by atoms with van der Waals surface area (Å²) in [4.78, 5) is 14.3. The summed E-state index contributed by atoms with van der Waals surface area (Å²) >= 11 is 5.70. The van der Waals surface area contributed by atoms with Crippen molar-refractivity contribution in [3.05, 3.63) is 34.7 Å². The number of carbonyl (C=O) groups is 1. The molecule has 0 fully saturated rings. The van der Waals surface area contributed by atoms with Crippen LogP contribution in [0.4, 0.5) is 13.2 Å². The van der Waals surface area contributed by atoms with Crippen molar-refractivity contribution in [1.29, 1.82) is 0 Å². The summed E-state index contributed by atoms with van der Waals surface area (Å²) in [5.74, 6) is -3.48. The van der Waals surface area contributed by atoms with Crippen LogP contribution in [0.3, 0.4) is 0 Å². The molecule has 2 aromatic rings. The van der Waals surface area contributed by atoms with E-state index in [0.717, 1.165) is 18.3 Å². The molecule has 0 saturated carbocycles. The molecule has 9 heteroatoms. The van der Waals surface area contributed by atoms with Gasteiger partial charge in [0.05, 0.1) is 11.5 Å². The Kier molecular flexibility index (Phi) is 5.28. The van der Waals surface area contributed by atoms with Crippen molar-refractivity contribution in [2.45, 2.75) is 6.61 Å². The predicted octanol–water partition coefficient (Wildman–Crippen LogP) is -1.00. The largest absolute Gasteiger partial charge is 1.00 e. The molecule has 0 amide bonds. The summed E-state index contributed by atoms with van der Waals surface area (Å²) < 4.78 is 41.7. The van der Waals surface area contributed by atoms with Gasteiger partial charge in [-0.15, -0.1) is 0 Å². The van der Waals surface area contributed by atoms with Crippen LogP contribution in [0.5, 0.6) is 5.75 Å². The van der Waals surface area contributed by atoms with E-state index >= 15 is 0 Å². The van der Waals surface area contributed by atoms with Gasteiger partial charge in [0.1, 0.15) is 5.02 Å². The maximum Gasteiger partial charge on any atom is 1.00 e. The first-order chi connectivity index (χ1) is 8.90. The van der Waals surface area contributed by atoms with Crippen molar-refractivity contribution in [2.24, 2.45) is 0 Å². The first-order valence-corrected chi connectivity index (χ1v) is 5.22. The number of carboxylic acid groups (broad SMARTS) is 1. The molecule has 100 valence electrons. The number of benzene rings is 1. The van der Waals surface area contributed by atoms with Crippen LogP contribution in [0, 0.1) is 5.82 Å². The third-order valence-corrected chi connectivity index (χ3v) is 2.62. The summed E-state index contributed by atoms with van der Waals surface area (Å²) in [5.41, 5.74) is -0.339. The smallest absolute Gasteiger partial charge is 0.545 e. The number of ether oxygens (including phenoxy) is 1. The summed E-state index contributed by atoms with van der Waals surface area (Å²) in [7, 11) is 0. The third-order valence-electron chi connectivity index (χ3n) is 2.27. The second kappa shape index (κ2) is 6.35. The Bertz CT molecular complexity index is 669. The standard InChI is InChI=1S/C11H5ClF3NO3.Li/c12-7-8-4(1-5(3-16-8)10(17)18)2-6(13)9(7)19-11(14)15;/h1-3,11H,(H,17,18);/q;+1/p-1. The number of alkyl halides is 2. The number of carbonyl (C=O) groups excluding carboxylic acids is 1. The van der Waals surface area contributed by atoms with Crippen LogP contribution >= 0.6 is 11.6 Å². The van der Waals surface area contributed by atoms with Crippen LogP contribution in [-0.4, -0.2) is 17.6 Å². The maximum absolute atomic E-state index is 13.5.